The van der Waals surface area contributed by atoms with Crippen LogP contribution in [0.2, 0.25) is 0 Å². The first-order valence-electron chi connectivity index (χ1n) is 12.0. The minimum atomic E-state index is -0.241. The molecular weight excluding hydrogens is 350 g/mol. The highest BCUT2D eigenvalue weighted by Crippen LogP contribution is 2.06. The summed E-state index contributed by atoms with van der Waals surface area (Å²) < 4.78 is 0. The Morgan fingerprint density at radius 1 is 0.536 bits per heavy atom. The molecule has 5 nitrogen and oxygen atoms in total. The van der Waals surface area contributed by atoms with Gasteiger partial charge in [-0.25, -0.2) is 14.5 Å². The molecular formula is C23H47N3O2. The van der Waals surface area contributed by atoms with Crippen LogP contribution >= 0.6 is 0 Å². The van der Waals surface area contributed by atoms with Crippen LogP contribution in [0.4, 0.5) is 9.59 Å². The summed E-state index contributed by atoms with van der Waals surface area (Å²) in [5, 5.41) is 5.87. The third-order valence-electron chi connectivity index (χ3n) is 5.09. The lowest BCUT2D eigenvalue weighted by molar-refractivity contribution is 0.184. The lowest BCUT2D eigenvalue weighted by atomic mass is 10.1. The van der Waals surface area contributed by atoms with Gasteiger partial charge in [0.05, 0.1) is 0 Å². The third-order valence-corrected chi connectivity index (χ3v) is 5.09. The number of hydrogen-bond donors (Lipinski definition) is 2. The molecule has 0 aliphatic carbocycles. The van der Waals surface area contributed by atoms with E-state index in [1.165, 1.54) is 62.7 Å². The summed E-state index contributed by atoms with van der Waals surface area (Å²) >= 11 is 0. The zero-order valence-corrected chi connectivity index (χ0v) is 19.0. The summed E-state index contributed by atoms with van der Waals surface area (Å²) in [6.45, 7) is 8.39. The van der Waals surface area contributed by atoms with Crippen molar-refractivity contribution in [1.29, 1.82) is 0 Å². The van der Waals surface area contributed by atoms with Crippen LogP contribution in [-0.4, -0.2) is 36.6 Å². The van der Waals surface area contributed by atoms with Gasteiger partial charge in [0.15, 0.2) is 0 Å². The number of carbonyl (C=O) groups excluding carboxylic acids is 2. The maximum Gasteiger partial charge on any atom is 0.325 e. The molecule has 0 aromatic heterocycles. The topological polar surface area (TPSA) is 61.4 Å². The zero-order chi connectivity index (χ0) is 20.9. The van der Waals surface area contributed by atoms with E-state index in [1.54, 1.807) is 0 Å². The van der Waals surface area contributed by atoms with E-state index in [2.05, 4.69) is 31.4 Å². The highest BCUT2D eigenvalue weighted by Gasteiger charge is 2.20. The molecule has 28 heavy (non-hydrogen) atoms. The molecule has 0 heterocycles. The molecule has 4 amide bonds. The Bertz CT molecular complexity index is 347. The number of rotatable bonds is 18. The fourth-order valence-corrected chi connectivity index (χ4v) is 3.21. The Hall–Kier alpha value is -1.26. The average molecular weight is 398 g/mol. The average Bonchev–Trinajstić information content (AvgIpc) is 2.69. The van der Waals surface area contributed by atoms with E-state index in [4.69, 9.17) is 0 Å². The molecule has 0 saturated heterocycles. The maximum atomic E-state index is 12.5. The quantitative estimate of drug-likeness (QED) is 0.255. The summed E-state index contributed by atoms with van der Waals surface area (Å²) in [6, 6.07) is -0.482. The van der Waals surface area contributed by atoms with Crippen molar-refractivity contribution in [2.45, 2.75) is 117 Å². The van der Waals surface area contributed by atoms with Crippen molar-refractivity contribution in [2.24, 2.45) is 0 Å². The second-order valence-electron chi connectivity index (χ2n) is 7.86. The standard InChI is InChI=1S/C23H47N3O2/c1-4-7-10-13-16-19-24-22(27)26(21-18-15-12-9-6-3)23(28)25-20-17-14-11-8-5-2/h4-21H2,1-3H3,(H,24,27)(H,25,28). The minimum absolute atomic E-state index is 0.241. The van der Waals surface area contributed by atoms with Crippen LogP contribution in [0.3, 0.4) is 0 Å². The summed E-state index contributed by atoms with van der Waals surface area (Å²) in [5.41, 5.74) is 0. The van der Waals surface area contributed by atoms with Gasteiger partial charge in [-0.3, -0.25) is 0 Å². The van der Waals surface area contributed by atoms with Crippen LogP contribution in [0, 0.1) is 0 Å². The van der Waals surface area contributed by atoms with Crippen molar-refractivity contribution in [3.63, 3.8) is 0 Å². The Morgan fingerprint density at radius 2 is 0.893 bits per heavy atom. The van der Waals surface area contributed by atoms with Crippen LogP contribution in [-0.2, 0) is 0 Å². The van der Waals surface area contributed by atoms with Crippen LogP contribution in [0.1, 0.15) is 117 Å². The first-order chi connectivity index (χ1) is 13.7. The van der Waals surface area contributed by atoms with E-state index < -0.39 is 0 Å². The fourth-order valence-electron chi connectivity index (χ4n) is 3.21. The number of unbranched alkanes of at least 4 members (excludes halogenated alkanes) is 12. The Balaban J connectivity index is 4.26. The van der Waals surface area contributed by atoms with Gasteiger partial charge in [-0.05, 0) is 19.3 Å². The Morgan fingerprint density at radius 3 is 1.29 bits per heavy atom. The van der Waals surface area contributed by atoms with E-state index >= 15 is 0 Å². The molecule has 0 unspecified atom stereocenters. The molecule has 5 heteroatoms. The van der Waals surface area contributed by atoms with E-state index in [9.17, 15) is 9.59 Å². The van der Waals surface area contributed by atoms with Crippen molar-refractivity contribution >= 4 is 12.1 Å². The number of amides is 4. The van der Waals surface area contributed by atoms with Crippen molar-refractivity contribution < 1.29 is 9.59 Å². The summed E-state index contributed by atoms with van der Waals surface area (Å²) in [5.74, 6) is 0. The number of nitrogens with one attached hydrogen (secondary N) is 2. The molecule has 0 rings (SSSR count). The molecule has 0 bridgehead atoms. The summed E-state index contributed by atoms with van der Waals surface area (Å²) in [7, 11) is 0. The largest absolute Gasteiger partial charge is 0.338 e. The van der Waals surface area contributed by atoms with E-state index in [0.717, 1.165) is 38.5 Å². The Labute approximate surface area is 174 Å². The zero-order valence-electron chi connectivity index (χ0n) is 19.0. The van der Waals surface area contributed by atoms with Gasteiger partial charge in [0.1, 0.15) is 0 Å². The predicted octanol–water partition coefficient (Wildman–Crippen LogP) is 6.62. The lowest BCUT2D eigenvalue weighted by Gasteiger charge is -2.22. The molecule has 0 aromatic rings. The van der Waals surface area contributed by atoms with Crippen molar-refractivity contribution in [3.8, 4) is 0 Å². The summed E-state index contributed by atoms with van der Waals surface area (Å²) in [4.78, 5) is 26.4. The SMILES string of the molecule is CCCCCCCNC(=O)N(CCCCCCC)C(=O)NCCCCCCC. The molecule has 166 valence electrons. The van der Waals surface area contributed by atoms with Crippen LogP contribution in [0.25, 0.3) is 0 Å². The molecule has 0 spiro atoms. The maximum absolute atomic E-state index is 12.5. The van der Waals surface area contributed by atoms with Crippen molar-refractivity contribution in [2.75, 3.05) is 19.6 Å². The first kappa shape index (κ1) is 26.7. The van der Waals surface area contributed by atoms with Crippen molar-refractivity contribution in [1.82, 2.24) is 15.5 Å². The van der Waals surface area contributed by atoms with E-state index in [-0.39, 0.29) is 12.1 Å². The number of urea groups is 2. The molecule has 0 aliphatic rings. The number of imide groups is 1. The van der Waals surface area contributed by atoms with Gasteiger partial charge in [-0.15, -0.1) is 0 Å². The van der Waals surface area contributed by atoms with Gasteiger partial charge in [0, 0.05) is 19.6 Å². The van der Waals surface area contributed by atoms with Crippen molar-refractivity contribution in [3.05, 3.63) is 0 Å². The minimum Gasteiger partial charge on any atom is -0.338 e. The number of carbonyl (C=O) groups is 2. The first-order valence-corrected chi connectivity index (χ1v) is 12.0. The Kier molecular flexibility index (Phi) is 19.6. The van der Waals surface area contributed by atoms with Gasteiger partial charge in [0.2, 0.25) is 0 Å². The second kappa shape index (κ2) is 20.5. The molecule has 0 radical (unpaired) electrons. The van der Waals surface area contributed by atoms with Gasteiger partial charge in [-0.2, -0.15) is 0 Å². The van der Waals surface area contributed by atoms with Crippen LogP contribution in [0.15, 0.2) is 0 Å². The van der Waals surface area contributed by atoms with Gasteiger partial charge in [0.25, 0.3) is 0 Å². The summed E-state index contributed by atoms with van der Waals surface area (Å²) in [6.07, 6.45) is 17.1. The highest BCUT2D eigenvalue weighted by atomic mass is 16.2. The van der Waals surface area contributed by atoms with Gasteiger partial charge in [-0.1, -0.05) is 97.8 Å². The third kappa shape index (κ3) is 15.8. The van der Waals surface area contributed by atoms with Crippen LogP contribution in [0.5, 0.6) is 0 Å². The fraction of sp³-hybridized carbons (Fsp3) is 0.913. The molecule has 2 N–H and O–H groups in total. The normalized spacial score (nSPS) is 10.7. The lowest BCUT2D eigenvalue weighted by Crippen LogP contribution is -2.49. The molecule has 0 aromatic carbocycles. The molecule has 0 aliphatic heterocycles. The number of hydrogen-bond acceptors (Lipinski definition) is 2. The van der Waals surface area contributed by atoms with E-state index in [1.807, 2.05) is 0 Å². The van der Waals surface area contributed by atoms with E-state index in [0.29, 0.717) is 19.6 Å². The highest BCUT2D eigenvalue weighted by molar-refractivity contribution is 5.93. The molecule has 0 fully saturated rings. The van der Waals surface area contributed by atoms with Gasteiger partial charge < -0.3 is 10.6 Å². The molecule has 0 atom stereocenters. The van der Waals surface area contributed by atoms with Gasteiger partial charge >= 0.3 is 12.1 Å². The van der Waals surface area contributed by atoms with Crippen LogP contribution < -0.4 is 10.6 Å². The monoisotopic (exact) mass is 397 g/mol. The smallest absolute Gasteiger partial charge is 0.325 e. The molecule has 0 saturated carbocycles. The second-order valence-corrected chi connectivity index (χ2v) is 7.86. The predicted molar refractivity (Wildman–Crippen MR) is 120 cm³/mol. The number of nitrogens with zero attached hydrogens (tertiary/aromatic N) is 1.